The molecule has 0 saturated heterocycles. The summed E-state index contributed by atoms with van der Waals surface area (Å²) >= 11 is 0. The molecule has 0 saturated carbocycles. The summed E-state index contributed by atoms with van der Waals surface area (Å²) in [5.41, 5.74) is 5.54. The quantitative estimate of drug-likeness (QED) is 0.485. The standard InChI is InChI=1S/C24H22N2O4/c1-14-8-9-16(12-15(14)2)24-26-18-13-17(10-11-19(18)30-24)25-23(27)22-20(28-3)6-5-7-21(22)29-4/h5-13H,1-4H3,(H,25,27). The van der Waals surface area contributed by atoms with Crippen LogP contribution in [-0.2, 0) is 0 Å². The molecule has 0 unspecified atom stereocenters. The lowest BCUT2D eigenvalue weighted by Gasteiger charge is -2.12. The maximum absolute atomic E-state index is 12.9. The van der Waals surface area contributed by atoms with Crippen molar-refractivity contribution in [3.63, 3.8) is 0 Å². The first-order valence-electron chi connectivity index (χ1n) is 9.50. The first-order valence-corrected chi connectivity index (χ1v) is 9.50. The molecular weight excluding hydrogens is 380 g/mol. The number of oxazole rings is 1. The smallest absolute Gasteiger partial charge is 0.263 e. The zero-order valence-electron chi connectivity index (χ0n) is 17.3. The number of amides is 1. The fourth-order valence-electron chi connectivity index (χ4n) is 3.27. The number of hydrogen-bond donors (Lipinski definition) is 1. The number of nitrogens with zero attached hydrogens (tertiary/aromatic N) is 1. The number of rotatable bonds is 5. The van der Waals surface area contributed by atoms with Gasteiger partial charge >= 0.3 is 0 Å². The van der Waals surface area contributed by atoms with Gasteiger partial charge in [-0.25, -0.2) is 4.98 Å². The van der Waals surface area contributed by atoms with Crippen LogP contribution in [0.2, 0.25) is 0 Å². The van der Waals surface area contributed by atoms with E-state index in [0.29, 0.717) is 39.7 Å². The lowest BCUT2D eigenvalue weighted by atomic mass is 10.1. The van der Waals surface area contributed by atoms with E-state index in [1.54, 1.807) is 36.4 Å². The van der Waals surface area contributed by atoms with Crippen LogP contribution in [-0.4, -0.2) is 25.1 Å². The Balaban J connectivity index is 1.65. The van der Waals surface area contributed by atoms with Crippen LogP contribution in [0.3, 0.4) is 0 Å². The van der Waals surface area contributed by atoms with Crippen molar-refractivity contribution >= 4 is 22.7 Å². The molecule has 0 bridgehead atoms. The summed E-state index contributed by atoms with van der Waals surface area (Å²) < 4.78 is 16.5. The number of aromatic nitrogens is 1. The minimum atomic E-state index is -0.332. The second-order valence-electron chi connectivity index (χ2n) is 6.99. The highest BCUT2D eigenvalue weighted by molar-refractivity contribution is 6.08. The number of carbonyl (C=O) groups excluding carboxylic acids is 1. The number of hydrogen-bond acceptors (Lipinski definition) is 5. The highest BCUT2D eigenvalue weighted by atomic mass is 16.5. The van der Waals surface area contributed by atoms with Gasteiger partial charge in [0.25, 0.3) is 5.91 Å². The lowest BCUT2D eigenvalue weighted by Crippen LogP contribution is -2.14. The molecule has 1 N–H and O–H groups in total. The second kappa shape index (κ2) is 7.91. The Labute approximate surface area is 174 Å². The van der Waals surface area contributed by atoms with E-state index in [2.05, 4.69) is 30.2 Å². The van der Waals surface area contributed by atoms with Crippen molar-refractivity contribution in [2.45, 2.75) is 13.8 Å². The third-order valence-electron chi connectivity index (χ3n) is 5.05. The minimum absolute atomic E-state index is 0.332. The fourth-order valence-corrected chi connectivity index (χ4v) is 3.27. The molecule has 0 radical (unpaired) electrons. The van der Waals surface area contributed by atoms with E-state index in [1.165, 1.54) is 25.3 Å². The van der Waals surface area contributed by atoms with Gasteiger partial charge in [0.05, 0.1) is 14.2 Å². The van der Waals surface area contributed by atoms with Crippen LogP contribution in [0.4, 0.5) is 5.69 Å². The third kappa shape index (κ3) is 3.59. The summed E-state index contributed by atoms with van der Waals surface area (Å²) in [6.07, 6.45) is 0. The van der Waals surface area contributed by atoms with E-state index in [-0.39, 0.29) is 5.91 Å². The van der Waals surface area contributed by atoms with Crippen LogP contribution in [0.25, 0.3) is 22.6 Å². The van der Waals surface area contributed by atoms with E-state index in [1.807, 2.05) is 12.1 Å². The molecule has 4 aromatic rings. The Bertz CT molecular complexity index is 1220. The fraction of sp³-hybridized carbons (Fsp3) is 0.167. The van der Waals surface area contributed by atoms with Gasteiger partial charge in [-0.1, -0.05) is 12.1 Å². The Kier molecular flexibility index (Phi) is 5.14. The number of methoxy groups -OCH3 is 2. The van der Waals surface area contributed by atoms with Gasteiger partial charge in [-0.15, -0.1) is 0 Å². The summed E-state index contributed by atoms with van der Waals surface area (Å²) in [6, 6.07) is 16.6. The van der Waals surface area contributed by atoms with E-state index >= 15 is 0 Å². The minimum Gasteiger partial charge on any atom is -0.496 e. The first-order chi connectivity index (χ1) is 14.5. The van der Waals surface area contributed by atoms with Gasteiger partial charge in [-0.2, -0.15) is 0 Å². The number of ether oxygens (including phenoxy) is 2. The van der Waals surface area contributed by atoms with Gasteiger partial charge in [0, 0.05) is 11.3 Å². The van der Waals surface area contributed by atoms with Gasteiger partial charge in [0.15, 0.2) is 5.58 Å². The van der Waals surface area contributed by atoms with E-state index < -0.39 is 0 Å². The summed E-state index contributed by atoms with van der Waals surface area (Å²) in [7, 11) is 3.03. The number of carbonyl (C=O) groups is 1. The zero-order chi connectivity index (χ0) is 21.3. The van der Waals surface area contributed by atoms with Crippen LogP contribution in [0.5, 0.6) is 11.5 Å². The van der Waals surface area contributed by atoms with Crippen molar-refractivity contribution in [3.8, 4) is 23.0 Å². The summed E-state index contributed by atoms with van der Waals surface area (Å²) in [4.78, 5) is 17.5. The maximum atomic E-state index is 12.9. The molecular formula is C24H22N2O4. The molecule has 1 amide bonds. The number of fused-ring (bicyclic) bond motifs is 1. The molecule has 4 rings (SSSR count). The molecule has 0 spiro atoms. The van der Waals surface area contributed by atoms with Crippen LogP contribution in [0.1, 0.15) is 21.5 Å². The molecule has 6 nitrogen and oxygen atoms in total. The van der Waals surface area contributed by atoms with Crippen molar-refractivity contribution in [3.05, 3.63) is 71.3 Å². The average molecular weight is 402 g/mol. The second-order valence-corrected chi connectivity index (χ2v) is 6.99. The van der Waals surface area contributed by atoms with Gasteiger partial charge in [-0.05, 0) is 67.4 Å². The Morgan fingerprint density at radius 3 is 2.33 bits per heavy atom. The van der Waals surface area contributed by atoms with Gasteiger partial charge in [0.1, 0.15) is 22.6 Å². The largest absolute Gasteiger partial charge is 0.496 e. The van der Waals surface area contributed by atoms with Crippen molar-refractivity contribution in [1.82, 2.24) is 4.98 Å². The normalized spacial score (nSPS) is 10.8. The average Bonchev–Trinajstić information content (AvgIpc) is 3.18. The third-order valence-corrected chi connectivity index (χ3v) is 5.05. The summed E-state index contributed by atoms with van der Waals surface area (Å²) in [5, 5.41) is 2.88. The van der Waals surface area contributed by atoms with Crippen molar-refractivity contribution < 1.29 is 18.7 Å². The van der Waals surface area contributed by atoms with Crippen LogP contribution < -0.4 is 14.8 Å². The van der Waals surface area contributed by atoms with Crippen molar-refractivity contribution in [2.75, 3.05) is 19.5 Å². The number of anilines is 1. The molecule has 6 heteroatoms. The molecule has 0 atom stereocenters. The number of benzene rings is 3. The Morgan fingerprint density at radius 1 is 0.933 bits per heavy atom. The molecule has 1 aromatic heterocycles. The highest BCUT2D eigenvalue weighted by Gasteiger charge is 2.19. The monoisotopic (exact) mass is 402 g/mol. The molecule has 3 aromatic carbocycles. The predicted molar refractivity (Wildman–Crippen MR) is 116 cm³/mol. The number of nitrogens with one attached hydrogen (secondary N) is 1. The zero-order valence-corrected chi connectivity index (χ0v) is 17.3. The molecule has 0 aliphatic rings. The molecule has 30 heavy (non-hydrogen) atoms. The Morgan fingerprint density at radius 2 is 1.67 bits per heavy atom. The molecule has 0 aliphatic heterocycles. The van der Waals surface area contributed by atoms with Crippen LogP contribution in [0.15, 0.2) is 59.0 Å². The molecule has 152 valence electrons. The van der Waals surface area contributed by atoms with Crippen LogP contribution in [0, 0.1) is 13.8 Å². The van der Waals surface area contributed by atoms with Gasteiger partial charge in [0.2, 0.25) is 5.89 Å². The number of aryl methyl sites for hydroxylation is 2. The van der Waals surface area contributed by atoms with E-state index in [9.17, 15) is 4.79 Å². The summed E-state index contributed by atoms with van der Waals surface area (Å²) in [5.74, 6) is 1.09. The molecule has 0 aliphatic carbocycles. The van der Waals surface area contributed by atoms with Gasteiger partial charge < -0.3 is 19.2 Å². The SMILES string of the molecule is COc1cccc(OC)c1C(=O)Nc1ccc2oc(-c3ccc(C)c(C)c3)nc2c1. The summed E-state index contributed by atoms with van der Waals surface area (Å²) in [6.45, 7) is 4.12. The molecule has 1 heterocycles. The van der Waals surface area contributed by atoms with Crippen molar-refractivity contribution in [2.24, 2.45) is 0 Å². The first kappa shape index (κ1) is 19.5. The van der Waals surface area contributed by atoms with E-state index in [0.717, 1.165) is 5.56 Å². The van der Waals surface area contributed by atoms with E-state index in [4.69, 9.17) is 13.9 Å². The van der Waals surface area contributed by atoms with Crippen molar-refractivity contribution in [1.29, 1.82) is 0 Å². The Hall–Kier alpha value is -3.80. The van der Waals surface area contributed by atoms with Gasteiger partial charge in [-0.3, -0.25) is 4.79 Å². The lowest BCUT2D eigenvalue weighted by molar-refractivity contribution is 0.102. The predicted octanol–water partition coefficient (Wildman–Crippen LogP) is 5.38. The molecule has 0 fully saturated rings. The highest BCUT2D eigenvalue weighted by Crippen LogP contribution is 2.31. The maximum Gasteiger partial charge on any atom is 0.263 e. The van der Waals surface area contributed by atoms with Crippen LogP contribution >= 0.6 is 0 Å². The topological polar surface area (TPSA) is 73.6 Å².